The van der Waals surface area contributed by atoms with Gasteiger partial charge in [-0.05, 0) is 58.8 Å². The molecule has 0 saturated carbocycles. The van der Waals surface area contributed by atoms with E-state index in [1.807, 2.05) is 54.6 Å². The fraction of sp³-hybridized carbons (Fsp3) is 0. The van der Waals surface area contributed by atoms with Crippen LogP contribution in [0.1, 0.15) is 11.1 Å². The van der Waals surface area contributed by atoms with Gasteiger partial charge in [-0.2, -0.15) is 0 Å². The van der Waals surface area contributed by atoms with Crippen molar-refractivity contribution >= 4 is 33.9 Å². The van der Waals surface area contributed by atoms with Crippen LogP contribution in [0.15, 0.2) is 136 Å². The van der Waals surface area contributed by atoms with Crippen LogP contribution in [-0.2, 0) is 0 Å². The topological polar surface area (TPSA) is 24.4 Å². The summed E-state index contributed by atoms with van der Waals surface area (Å²) in [6.45, 7) is 0. The van der Waals surface area contributed by atoms with Gasteiger partial charge in [-0.15, -0.1) is 0 Å². The lowest BCUT2D eigenvalue weighted by molar-refractivity contribution is 0.581. The molecule has 0 radical (unpaired) electrons. The fourth-order valence-electron chi connectivity index (χ4n) is 5.01. The molecule has 0 bridgehead atoms. The molecule has 0 spiro atoms. The average molecular weight is 476 g/mol. The predicted octanol–water partition coefficient (Wildman–Crippen LogP) is 10.1. The quantitative estimate of drug-likeness (QED) is 0.237. The van der Waals surface area contributed by atoms with Crippen LogP contribution >= 0.6 is 0 Å². The molecule has 0 N–H and O–H groups in total. The second-order valence-electron chi connectivity index (χ2n) is 9.17. The van der Waals surface area contributed by atoms with Gasteiger partial charge in [0.1, 0.15) is 11.3 Å². The van der Waals surface area contributed by atoms with Gasteiger partial charge in [-0.3, -0.25) is 0 Å². The Kier molecular flexibility index (Phi) is 5.15. The Hall–Kier alpha value is -4.95. The van der Waals surface area contributed by atoms with Crippen LogP contribution in [0.4, 0.5) is 0 Å². The number of rotatable bonds is 4. The van der Waals surface area contributed by atoms with Crippen LogP contribution in [0.3, 0.4) is 0 Å². The second-order valence-corrected chi connectivity index (χ2v) is 9.17. The van der Waals surface area contributed by atoms with E-state index in [1.165, 1.54) is 10.8 Å². The van der Waals surface area contributed by atoms with Crippen molar-refractivity contribution in [1.29, 1.82) is 0 Å². The van der Waals surface area contributed by atoms with E-state index in [4.69, 9.17) is 8.83 Å². The Balaban J connectivity index is 1.41. The van der Waals surface area contributed by atoms with Crippen molar-refractivity contribution in [1.82, 2.24) is 0 Å². The smallest absolute Gasteiger partial charge is 0.361 e. The molecule has 0 unspecified atom stereocenters. The molecule has 0 amide bonds. The Morgan fingerprint density at radius 2 is 1.14 bits per heavy atom. The van der Waals surface area contributed by atoms with Gasteiger partial charge < -0.3 is 4.42 Å². The van der Waals surface area contributed by atoms with Crippen LogP contribution < -0.4 is 0 Å². The molecule has 0 atom stereocenters. The molecular formula is C35H23O2+. The van der Waals surface area contributed by atoms with E-state index in [2.05, 4.69) is 84.9 Å². The largest absolute Gasteiger partial charge is 0.455 e. The zero-order valence-corrected chi connectivity index (χ0v) is 20.1. The van der Waals surface area contributed by atoms with Gasteiger partial charge in [0.2, 0.25) is 0 Å². The molecule has 7 rings (SSSR count). The summed E-state index contributed by atoms with van der Waals surface area (Å²) in [5.41, 5.74) is 6.24. The van der Waals surface area contributed by atoms with Crippen LogP contribution in [-0.4, -0.2) is 0 Å². The first-order valence-electron chi connectivity index (χ1n) is 12.4. The third-order valence-corrected chi connectivity index (χ3v) is 6.80. The van der Waals surface area contributed by atoms with Crippen LogP contribution in [0.25, 0.3) is 67.9 Å². The SMILES string of the molecule is C(=C\c1c2oc3ccccc3cc-2c2ccccc12)/c1cc(-c2ccccc2)[o+]c(-c2ccccc2)c1. The third-order valence-electron chi connectivity index (χ3n) is 6.80. The molecule has 174 valence electrons. The Morgan fingerprint density at radius 3 is 1.84 bits per heavy atom. The number of hydrogen-bond donors (Lipinski definition) is 0. The molecule has 37 heavy (non-hydrogen) atoms. The first kappa shape index (κ1) is 21.3. The van der Waals surface area contributed by atoms with Crippen LogP contribution in [0.5, 0.6) is 0 Å². The Labute approximate surface area is 215 Å². The monoisotopic (exact) mass is 475 g/mol. The maximum absolute atomic E-state index is 6.47. The van der Waals surface area contributed by atoms with Crippen LogP contribution in [0, 0.1) is 0 Å². The minimum absolute atomic E-state index is 0.828. The standard InChI is InChI=1S/C35H23O2/c1-3-11-25(12-4-1)33-21-24(22-34(36-33)26-13-5-2-6-14-26)19-20-30-28-16-8-9-17-29(28)31-23-27-15-7-10-18-32(27)37-35(30)31/h1-23H/q+1. The summed E-state index contributed by atoms with van der Waals surface area (Å²) in [7, 11) is 0. The van der Waals surface area contributed by atoms with Gasteiger partial charge in [0.15, 0.2) is 0 Å². The van der Waals surface area contributed by atoms with Gasteiger partial charge in [0.05, 0.1) is 23.3 Å². The lowest BCUT2D eigenvalue weighted by Crippen LogP contribution is -1.85. The fourth-order valence-corrected chi connectivity index (χ4v) is 5.01. The van der Waals surface area contributed by atoms with Crippen molar-refractivity contribution in [2.75, 3.05) is 0 Å². The molecule has 1 aliphatic heterocycles. The van der Waals surface area contributed by atoms with E-state index in [9.17, 15) is 0 Å². The molecule has 1 aromatic heterocycles. The van der Waals surface area contributed by atoms with Gasteiger partial charge in [0.25, 0.3) is 0 Å². The highest BCUT2D eigenvalue weighted by Gasteiger charge is 2.21. The Bertz CT molecular complexity index is 1800. The zero-order valence-electron chi connectivity index (χ0n) is 20.1. The molecule has 4 aromatic carbocycles. The average Bonchev–Trinajstić information content (AvgIpc) is 3.28. The molecule has 2 heterocycles. The normalized spacial score (nSPS) is 11.7. The third kappa shape index (κ3) is 3.89. The molecule has 2 heteroatoms. The van der Waals surface area contributed by atoms with Crippen LogP contribution in [0.2, 0.25) is 0 Å². The highest BCUT2D eigenvalue weighted by atomic mass is 16.3. The summed E-state index contributed by atoms with van der Waals surface area (Å²) in [5, 5.41) is 3.48. The first-order chi connectivity index (χ1) is 18.3. The van der Waals surface area contributed by atoms with E-state index < -0.39 is 0 Å². The van der Waals surface area contributed by atoms with Gasteiger partial charge in [-0.25, -0.2) is 4.42 Å². The maximum Gasteiger partial charge on any atom is 0.361 e. The van der Waals surface area contributed by atoms with Crippen molar-refractivity contribution < 1.29 is 8.83 Å². The highest BCUT2D eigenvalue weighted by molar-refractivity contribution is 6.10. The van der Waals surface area contributed by atoms with Crippen molar-refractivity contribution in [3.63, 3.8) is 0 Å². The van der Waals surface area contributed by atoms with Crippen molar-refractivity contribution in [2.24, 2.45) is 0 Å². The summed E-state index contributed by atoms with van der Waals surface area (Å²) in [6.07, 6.45) is 4.32. The van der Waals surface area contributed by atoms with Gasteiger partial charge in [0, 0.05) is 16.5 Å². The highest BCUT2D eigenvalue weighted by Crippen LogP contribution is 2.42. The van der Waals surface area contributed by atoms with Crippen molar-refractivity contribution in [3.8, 4) is 34.0 Å². The number of fused-ring (bicyclic) bond motifs is 4. The number of hydrogen-bond acceptors (Lipinski definition) is 1. The molecule has 5 aromatic rings. The molecule has 1 aliphatic carbocycles. The summed E-state index contributed by atoms with van der Waals surface area (Å²) in [5.74, 6) is 2.56. The minimum atomic E-state index is 0.828. The van der Waals surface area contributed by atoms with Crippen molar-refractivity contribution in [2.45, 2.75) is 0 Å². The number of para-hydroxylation sites is 1. The predicted molar refractivity (Wildman–Crippen MR) is 153 cm³/mol. The van der Waals surface area contributed by atoms with Gasteiger partial charge in [-0.1, -0.05) is 84.9 Å². The maximum atomic E-state index is 6.47. The van der Waals surface area contributed by atoms with Crippen molar-refractivity contribution in [3.05, 3.63) is 139 Å². The lowest BCUT2D eigenvalue weighted by atomic mass is 10.1. The Morgan fingerprint density at radius 1 is 0.541 bits per heavy atom. The van der Waals surface area contributed by atoms with E-state index in [0.29, 0.717) is 0 Å². The molecule has 2 nitrogen and oxygen atoms in total. The zero-order chi connectivity index (χ0) is 24.6. The summed E-state index contributed by atoms with van der Waals surface area (Å²) in [6, 6.07) is 43.6. The van der Waals surface area contributed by atoms with E-state index >= 15 is 0 Å². The summed E-state index contributed by atoms with van der Waals surface area (Å²) >= 11 is 0. The molecular weight excluding hydrogens is 452 g/mol. The molecule has 2 aliphatic rings. The summed E-state index contributed by atoms with van der Waals surface area (Å²) in [4.78, 5) is 0. The molecule has 0 fully saturated rings. The second kappa shape index (κ2) is 8.92. The molecule has 0 saturated heterocycles. The summed E-state index contributed by atoms with van der Waals surface area (Å²) < 4.78 is 12.8. The van der Waals surface area contributed by atoms with E-state index in [-0.39, 0.29) is 0 Å². The van der Waals surface area contributed by atoms with E-state index in [0.717, 1.165) is 56.1 Å². The lowest BCUT2D eigenvalue weighted by Gasteiger charge is -2.04. The van der Waals surface area contributed by atoms with Gasteiger partial charge >= 0.3 is 11.5 Å². The minimum Gasteiger partial charge on any atom is -0.455 e. The first-order valence-corrected chi connectivity index (χ1v) is 12.4. The van der Waals surface area contributed by atoms with E-state index in [1.54, 1.807) is 0 Å². The number of benzene rings is 4.